The van der Waals surface area contributed by atoms with Crippen molar-refractivity contribution in [3.05, 3.63) is 34.9 Å². The third-order valence-corrected chi connectivity index (χ3v) is 4.27. The third kappa shape index (κ3) is 3.23. The quantitative estimate of drug-likeness (QED) is 0.827. The van der Waals surface area contributed by atoms with Gasteiger partial charge in [-0.2, -0.15) is 0 Å². The second-order valence-electron chi connectivity index (χ2n) is 5.15. The van der Waals surface area contributed by atoms with Crippen molar-refractivity contribution in [1.82, 2.24) is 5.32 Å². The number of rotatable bonds is 4. The van der Waals surface area contributed by atoms with Crippen molar-refractivity contribution in [2.75, 3.05) is 0 Å². The van der Waals surface area contributed by atoms with E-state index in [1.165, 1.54) is 31.2 Å². The SMILES string of the molecule is CCC1CCCC1N[C@H](C)c1ccc(Cl)cc1. The zero-order valence-electron chi connectivity index (χ0n) is 10.7. The minimum absolute atomic E-state index is 0.421. The molecule has 1 aliphatic carbocycles. The molecule has 0 saturated heterocycles. The van der Waals surface area contributed by atoms with Crippen molar-refractivity contribution in [3.63, 3.8) is 0 Å². The molecule has 1 aromatic carbocycles. The topological polar surface area (TPSA) is 12.0 Å². The molecule has 2 unspecified atom stereocenters. The molecular weight excluding hydrogens is 230 g/mol. The summed E-state index contributed by atoms with van der Waals surface area (Å²) in [6, 6.07) is 9.31. The van der Waals surface area contributed by atoms with E-state index in [0.29, 0.717) is 12.1 Å². The Balaban J connectivity index is 1.96. The molecule has 3 atom stereocenters. The van der Waals surface area contributed by atoms with E-state index >= 15 is 0 Å². The van der Waals surface area contributed by atoms with Crippen molar-refractivity contribution in [2.45, 2.75) is 51.6 Å². The van der Waals surface area contributed by atoms with Gasteiger partial charge in [0, 0.05) is 17.1 Å². The number of hydrogen-bond acceptors (Lipinski definition) is 1. The summed E-state index contributed by atoms with van der Waals surface area (Å²) in [5, 5.41) is 4.59. The highest BCUT2D eigenvalue weighted by atomic mass is 35.5. The van der Waals surface area contributed by atoms with Gasteiger partial charge in [-0.15, -0.1) is 0 Å². The van der Waals surface area contributed by atoms with Gasteiger partial charge >= 0.3 is 0 Å². The molecule has 0 aliphatic heterocycles. The van der Waals surface area contributed by atoms with Crippen molar-refractivity contribution < 1.29 is 0 Å². The zero-order valence-corrected chi connectivity index (χ0v) is 11.5. The first-order valence-corrected chi connectivity index (χ1v) is 7.10. The highest BCUT2D eigenvalue weighted by molar-refractivity contribution is 6.30. The smallest absolute Gasteiger partial charge is 0.0406 e. The molecule has 0 amide bonds. The zero-order chi connectivity index (χ0) is 12.3. The summed E-state index contributed by atoms with van der Waals surface area (Å²) in [4.78, 5) is 0. The molecule has 0 spiro atoms. The Kier molecular flexibility index (Phi) is 4.47. The van der Waals surface area contributed by atoms with Gasteiger partial charge < -0.3 is 5.32 Å². The molecule has 1 fully saturated rings. The predicted octanol–water partition coefficient (Wildman–Crippen LogP) is 4.57. The third-order valence-electron chi connectivity index (χ3n) is 4.02. The van der Waals surface area contributed by atoms with Crippen LogP contribution in [0.25, 0.3) is 0 Å². The monoisotopic (exact) mass is 251 g/mol. The minimum atomic E-state index is 0.421. The van der Waals surface area contributed by atoms with Gasteiger partial charge in [-0.05, 0) is 43.4 Å². The van der Waals surface area contributed by atoms with Crippen molar-refractivity contribution in [1.29, 1.82) is 0 Å². The molecule has 1 nitrogen and oxygen atoms in total. The van der Waals surface area contributed by atoms with Crippen LogP contribution in [0.15, 0.2) is 24.3 Å². The van der Waals surface area contributed by atoms with Gasteiger partial charge in [0.25, 0.3) is 0 Å². The Morgan fingerprint density at radius 1 is 1.29 bits per heavy atom. The van der Waals surface area contributed by atoms with Crippen LogP contribution in [0.3, 0.4) is 0 Å². The number of halogens is 1. The Hall–Kier alpha value is -0.530. The summed E-state index contributed by atoms with van der Waals surface area (Å²) < 4.78 is 0. The minimum Gasteiger partial charge on any atom is -0.307 e. The lowest BCUT2D eigenvalue weighted by molar-refractivity contribution is 0.360. The Labute approximate surface area is 110 Å². The second kappa shape index (κ2) is 5.88. The lowest BCUT2D eigenvalue weighted by atomic mass is 9.98. The highest BCUT2D eigenvalue weighted by Crippen LogP contribution is 2.30. The van der Waals surface area contributed by atoms with Gasteiger partial charge in [-0.25, -0.2) is 0 Å². The average Bonchev–Trinajstić information content (AvgIpc) is 2.77. The summed E-state index contributed by atoms with van der Waals surface area (Å²) in [5.74, 6) is 0.866. The molecule has 1 saturated carbocycles. The van der Waals surface area contributed by atoms with Gasteiger partial charge in [0.2, 0.25) is 0 Å². The van der Waals surface area contributed by atoms with Crippen molar-refractivity contribution in [3.8, 4) is 0 Å². The molecule has 1 N–H and O–H groups in total. The van der Waals surface area contributed by atoms with E-state index in [1.54, 1.807) is 0 Å². The van der Waals surface area contributed by atoms with E-state index in [9.17, 15) is 0 Å². The molecular formula is C15H22ClN. The van der Waals surface area contributed by atoms with Gasteiger partial charge in [-0.1, -0.05) is 43.5 Å². The molecule has 1 aliphatic rings. The summed E-state index contributed by atoms with van der Waals surface area (Å²) in [7, 11) is 0. The summed E-state index contributed by atoms with van der Waals surface area (Å²) in [6.07, 6.45) is 5.40. The van der Waals surface area contributed by atoms with E-state index in [1.807, 2.05) is 12.1 Å². The molecule has 0 radical (unpaired) electrons. The van der Waals surface area contributed by atoms with Gasteiger partial charge in [0.05, 0.1) is 0 Å². The van der Waals surface area contributed by atoms with Gasteiger partial charge in [0.1, 0.15) is 0 Å². The van der Waals surface area contributed by atoms with Crippen molar-refractivity contribution >= 4 is 11.6 Å². The van der Waals surface area contributed by atoms with E-state index < -0.39 is 0 Å². The summed E-state index contributed by atoms with van der Waals surface area (Å²) >= 11 is 5.91. The fraction of sp³-hybridized carbons (Fsp3) is 0.600. The van der Waals surface area contributed by atoms with Crippen LogP contribution in [-0.4, -0.2) is 6.04 Å². The highest BCUT2D eigenvalue weighted by Gasteiger charge is 2.26. The first kappa shape index (κ1) is 12.9. The molecule has 2 heteroatoms. The maximum Gasteiger partial charge on any atom is 0.0406 e. The van der Waals surface area contributed by atoms with E-state index in [0.717, 1.165) is 10.9 Å². The largest absolute Gasteiger partial charge is 0.307 e. The molecule has 1 aromatic rings. The van der Waals surface area contributed by atoms with Crippen LogP contribution in [0.2, 0.25) is 5.02 Å². The van der Waals surface area contributed by atoms with Crippen LogP contribution in [0.1, 0.15) is 51.1 Å². The fourth-order valence-corrected chi connectivity index (χ4v) is 3.04. The van der Waals surface area contributed by atoms with Crippen LogP contribution < -0.4 is 5.32 Å². The molecule has 0 bridgehead atoms. The van der Waals surface area contributed by atoms with Crippen LogP contribution in [0.5, 0.6) is 0 Å². The number of nitrogens with one attached hydrogen (secondary N) is 1. The van der Waals surface area contributed by atoms with E-state index in [2.05, 4.69) is 31.3 Å². The maximum atomic E-state index is 5.91. The van der Waals surface area contributed by atoms with Gasteiger partial charge in [0.15, 0.2) is 0 Å². The lowest BCUT2D eigenvalue weighted by Crippen LogP contribution is -2.34. The lowest BCUT2D eigenvalue weighted by Gasteiger charge is -2.24. The second-order valence-corrected chi connectivity index (χ2v) is 5.58. The summed E-state index contributed by atoms with van der Waals surface area (Å²) in [6.45, 7) is 4.55. The van der Waals surface area contributed by atoms with Crippen molar-refractivity contribution in [2.24, 2.45) is 5.92 Å². The van der Waals surface area contributed by atoms with Gasteiger partial charge in [-0.3, -0.25) is 0 Å². The number of benzene rings is 1. The van der Waals surface area contributed by atoms with Crippen LogP contribution in [-0.2, 0) is 0 Å². The Bertz CT molecular complexity index is 346. The van der Waals surface area contributed by atoms with Crippen LogP contribution in [0.4, 0.5) is 0 Å². The molecule has 17 heavy (non-hydrogen) atoms. The first-order chi connectivity index (χ1) is 8.20. The number of hydrogen-bond donors (Lipinski definition) is 1. The van der Waals surface area contributed by atoms with Crippen LogP contribution in [0, 0.1) is 5.92 Å². The Morgan fingerprint density at radius 2 is 2.00 bits per heavy atom. The molecule has 2 rings (SSSR count). The molecule has 94 valence electrons. The fourth-order valence-electron chi connectivity index (χ4n) is 2.91. The maximum absolute atomic E-state index is 5.91. The normalized spacial score (nSPS) is 26.1. The van der Waals surface area contributed by atoms with E-state index in [4.69, 9.17) is 11.6 Å². The first-order valence-electron chi connectivity index (χ1n) is 6.72. The molecule has 0 aromatic heterocycles. The predicted molar refractivity (Wildman–Crippen MR) is 74.4 cm³/mol. The Morgan fingerprint density at radius 3 is 2.65 bits per heavy atom. The standard InChI is InChI=1S/C15H22ClN/c1-3-12-5-4-6-15(12)17-11(2)13-7-9-14(16)10-8-13/h7-12,15,17H,3-6H2,1-2H3/t11-,12?,15?/m1/s1. The van der Waals surface area contributed by atoms with E-state index in [-0.39, 0.29) is 0 Å². The van der Waals surface area contributed by atoms with Crippen LogP contribution >= 0.6 is 11.6 Å². The average molecular weight is 252 g/mol. The summed E-state index contributed by atoms with van der Waals surface area (Å²) in [5.41, 5.74) is 1.33. The molecule has 0 heterocycles.